The van der Waals surface area contributed by atoms with Crippen molar-refractivity contribution in [2.45, 2.75) is 49.1 Å². The summed E-state index contributed by atoms with van der Waals surface area (Å²) < 4.78 is 52.9. The highest BCUT2D eigenvalue weighted by atomic mass is 32.2. The van der Waals surface area contributed by atoms with Crippen LogP contribution in [0, 0.1) is 5.82 Å². The van der Waals surface area contributed by atoms with Gasteiger partial charge in [0.1, 0.15) is 18.0 Å². The van der Waals surface area contributed by atoms with Crippen molar-refractivity contribution in [1.29, 1.82) is 0 Å². The molecule has 3 aromatic rings. The molecule has 200 valence electrons. The van der Waals surface area contributed by atoms with Crippen molar-refractivity contribution in [1.82, 2.24) is 4.31 Å². The molecule has 0 unspecified atom stereocenters. The maximum absolute atomic E-state index is 14.0. The summed E-state index contributed by atoms with van der Waals surface area (Å²) in [6.07, 6.45) is 1.66. The van der Waals surface area contributed by atoms with Crippen LogP contribution in [-0.4, -0.2) is 43.9 Å². The van der Waals surface area contributed by atoms with Gasteiger partial charge in [-0.3, -0.25) is 4.79 Å². The lowest BCUT2D eigenvalue weighted by atomic mass is 9.97. The van der Waals surface area contributed by atoms with E-state index in [1.807, 2.05) is 30.3 Å². The van der Waals surface area contributed by atoms with E-state index in [2.05, 4.69) is 0 Å². The first-order chi connectivity index (χ1) is 18.3. The van der Waals surface area contributed by atoms with Gasteiger partial charge in [-0.15, -0.1) is 0 Å². The molecule has 0 atom stereocenters. The first-order valence-corrected chi connectivity index (χ1v) is 13.9. The molecule has 0 aromatic heterocycles. The minimum Gasteiger partial charge on any atom is -0.469 e. The van der Waals surface area contributed by atoms with Crippen LogP contribution in [0.15, 0.2) is 83.8 Å². The van der Waals surface area contributed by atoms with Crippen LogP contribution in [0.3, 0.4) is 0 Å². The highest BCUT2D eigenvalue weighted by Gasteiger charge is 2.52. The van der Waals surface area contributed by atoms with Crippen LogP contribution in [0.2, 0.25) is 0 Å². The summed E-state index contributed by atoms with van der Waals surface area (Å²) >= 11 is 0. The zero-order valence-electron chi connectivity index (χ0n) is 21.1. The summed E-state index contributed by atoms with van der Waals surface area (Å²) in [6, 6.07) is 21.2. The fraction of sp³-hybridized carbons (Fsp3) is 0.310. The predicted octanol–water partition coefficient (Wildman–Crippen LogP) is 5.10. The Bertz CT molecular complexity index is 1350. The number of carbonyl (C=O) groups excluding carboxylic acids is 2. The fourth-order valence-corrected chi connectivity index (χ4v) is 6.60. The van der Waals surface area contributed by atoms with Gasteiger partial charge in [-0.2, -0.15) is 4.31 Å². The van der Waals surface area contributed by atoms with Crippen LogP contribution in [0.5, 0.6) is 0 Å². The number of sulfonamides is 1. The van der Waals surface area contributed by atoms with E-state index in [9.17, 15) is 22.4 Å². The van der Waals surface area contributed by atoms with Crippen LogP contribution in [0.4, 0.5) is 4.39 Å². The summed E-state index contributed by atoms with van der Waals surface area (Å²) in [6.45, 7) is -0.214. The second kappa shape index (κ2) is 11.9. The molecule has 1 aliphatic rings. The number of carbonyl (C=O) groups is 2. The van der Waals surface area contributed by atoms with E-state index in [0.717, 1.165) is 15.4 Å². The molecule has 0 bridgehead atoms. The van der Waals surface area contributed by atoms with Gasteiger partial charge in [0.25, 0.3) is 0 Å². The average Bonchev–Trinajstić information content (AvgIpc) is 3.43. The van der Waals surface area contributed by atoms with Crippen molar-refractivity contribution in [2.75, 3.05) is 13.7 Å². The fourth-order valence-electron chi connectivity index (χ4n) is 4.82. The summed E-state index contributed by atoms with van der Waals surface area (Å²) in [5, 5.41) is 0. The smallest absolute Gasteiger partial charge is 0.327 e. The molecule has 1 saturated carbocycles. The molecule has 1 aliphatic carbocycles. The Morgan fingerprint density at radius 1 is 0.895 bits per heavy atom. The average molecular weight is 540 g/mol. The van der Waals surface area contributed by atoms with E-state index >= 15 is 0 Å². The molecule has 0 aliphatic heterocycles. The van der Waals surface area contributed by atoms with Crippen molar-refractivity contribution < 1.29 is 31.9 Å². The van der Waals surface area contributed by atoms with Gasteiger partial charge in [-0.1, -0.05) is 67.4 Å². The molecule has 38 heavy (non-hydrogen) atoms. The van der Waals surface area contributed by atoms with Crippen LogP contribution < -0.4 is 0 Å². The number of ether oxygens (including phenoxy) is 2. The summed E-state index contributed by atoms with van der Waals surface area (Å²) in [5.41, 5.74) is 0.795. The third-order valence-corrected chi connectivity index (χ3v) is 8.85. The van der Waals surface area contributed by atoms with Gasteiger partial charge in [0, 0.05) is 6.54 Å². The molecule has 9 heteroatoms. The Kier molecular flexibility index (Phi) is 8.58. The largest absolute Gasteiger partial charge is 0.469 e. The van der Waals surface area contributed by atoms with Gasteiger partial charge in [0.05, 0.1) is 18.4 Å². The summed E-state index contributed by atoms with van der Waals surface area (Å²) in [4.78, 5) is 25.6. The zero-order chi connectivity index (χ0) is 27.2. The summed E-state index contributed by atoms with van der Waals surface area (Å²) in [7, 11) is -2.98. The van der Waals surface area contributed by atoms with E-state index in [1.165, 1.54) is 31.4 Å². The van der Waals surface area contributed by atoms with Gasteiger partial charge >= 0.3 is 11.9 Å². The molecule has 1 fully saturated rings. The lowest BCUT2D eigenvalue weighted by Crippen LogP contribution is -2.56. The van der Waals surface area contributed by atoms with Crippen molar-refractivity contribution >= 4 is 22.0 Å². The number of methoxy groups -OCH3 is 1. The van der Waals surface area contributed by atoms with E-state index < -0.39 is 27.5 Å². The number of esters is 2. The van der Waals surface area contributed by atoms with Crippen LogP contribution in [-0.2, 0) is 35.7 Å². The molecule has 0 spiro atoms. The van der Waals surface area contributed by atoms with Crippen LogP contribution in [0.25, 0.3) is 11.1 Å². The van der Waals surface area contributed by atoms with Gasteiger partial charge in [0.15, 0.2) is 0 Å². The molecule has 4 rings (SSSR count). The Labute approximate surface area is 222 Å². The van der Waals surface area contributed by atoms with Crippen molar-refractivity contribution in [3.8, 4) is 11.1 Å². The molecule has 0 N–H and O–H groups in total. The molecule has 7 nitrogen and oxygen atoms in total. The molecule has 0 saturated heterocycles. The van der Waals surface area contributed by atoms with Crippen molar-refractivity contribution in [2.24, 2.45) is 0 Å². The minimum absolute atomic E-state index is 0.0126. The quantitative estimate of drug-likeness (QED) is 0.333. The van der Waals surface area contributed by atoms with E-state index in [-0.39, 0.29) is 43.1 Å². The van der Waals surface area contributed by atoms with Crippen molar-refractivity contribution in [3.63, 3.8) is 0 Å². The first-order valence-electron chi connectivity index (χ1n) is 12.4. The monoisotopic (exact) mass is 539 g/mol. The van der Waals surface area contributed by atoms with Gasteiger partial charge in [-0.25, -0.2) is 17.6 Å². The normalized spacial score (nSPS) is 14.8. The Balaban J connectivity index is 1.66. The third-order valence-electron chi connectivity index (χ3n) is 6.87. The number of rotatable bonds is 10. The number of hydrogen-bond acceptors (Lipinski definition) is 6. The second-order valence-corrected chi connectivity index (χ2v) is 11.1. The lowest BCUT2D eigenvalue weighted by Gasteiger charge is -2.38. The van der Waals surface area contributed by atoms with E-state index in [0.29, 0.717) is 18.4 Å². The summed E-state index contributed by atoms with van der Waals surface area (Å²) in [5.74, 6) is -1.58. The van der Waals surface area contributed by atoms with Gasteiger partial charge in [0.2, 0.25) is 10.0 Å². The second-order valence-electron chi connectivity index (χ2n) is 9.23. The maximum atomic E-state index is 14.0. The topological polar surface area (TPSA) is 90.0 Å². The third kappa shape index (κ3) is 5.95. The highest BCUT2D eigenvalue weighted by Crippen LogP contribution is 2.40. The standard InChI is InChI=1S/C29H30FNO6S/c1-36-27(32)17-20-31(29(18-5-6-19-29)28(33)37-21-22-7-3-2-4-8-22)38(34,35)26-15-11-24(12-16-26)23-9-13-25(30)14-10-23/h2-4,7-16H,5-6,17-21H2,1H3. The lowest BCUT2D eigenvalue weighted by molar-refractivity contribution is -0.157. The molecule has 0 amide bonds. The number of hydrogen-bond donors (Lipinski definition) is 0. The van der Waals surface area contributed by atoms with E-state index in [4.69, 9.17) is 9.47 Å². The molecular weight excluding hydrogens is 509 g/mol. The molecule has 0 radical (unpaired) electrons. The van der Waals surface area contributed by atoms with Gasteiger partial charge in [-0.05, 0) is 53.8 Å². The number of nitrogens with zero attached hydrogens (tertiary/aromatic N) is 1. The van der Waals surface area contributed by atoms with Crippen LogP contribution >= 0.6 is 0 Å². The molecular formula is C29H30FNO6S. The predicted molar refractivity (Wildman–Crippen MR) is 140 cm³/mol. The molecule has 3 aromatic carbocycles. The van der Waals surface area contributed by atoms with E-state index in [1.54, 1.807) is 24.3 Å². The van der Waals surface area contributed by atoms with Crippen LogP contribution in [0.1, 0.15) is 37.7 Å². The van der Waals surface area contributed by atoms with Gasteiger partial charge < -0.3 is 9.47 Å². The number of halogens is 1. The Morgan fingerprint density at radius 2 is 1.47 bits per heavy atom. The van der Waals surface area contributed by atoms with Crippen molar-refractivity contribution in [3.05, 3.63) is 90.2 Å². The molecule has 0 heterocycles. The minimum atomic E-state index is -4.22. The Hall–Kier alpha value is -3.56. The maximum Gasteiger partial charge on any atom is 0.327 e. The highest BCUT2D eigenvalue weighted by molar-refractivity contribution is 7.89. The first kappa shape index (κ1) is 27.5. The Morgan fingerprint density at radius 3 is 2.05 bits per heavy atom. The number of benzene rings is 3. The zero-order valence-corrected chi connectivity index (χ0v) is 22.0. The SMILES string of the molecule is COC(=O)CCN(C1(C(=O)OCc2ccccc2)CCCC1)S(=O)(=O)c1ccc(-c2ccc(F)cc2)cc1.